The van der Waals surface area contributed by atoms with Gasteiger partial charge in [0.05, 0.1) is 0 Å². The van der Waals surface area contributed by atoms with E-state index < -0.39 is 12.0 Å². The lowest BCUT2D eigenvalue weighted by molar-refractivity contribution is 0.1000. The van der Waals surface area contributed by atoms with Gasteiger partial charge in [-0.2, -0.15) is 0 Å². The summed E-state index contributed by atoms with van der Waals surface area (Å²) < 4.78 is 5.42. The second-order valence-corrected chi connectivity index (χ2v) is 5.67. The van der Waals surface area contributed by atoms with Crippen molar-refractivity contribution in [1.29, 1.82) is 0 Å². The van der Waals surface area contributed by atoms with Gasteiger partial charge in [-0.3, -0.25) is 9.69 Å². The summed E-state index contributed by atoms with van der Waals surface area (Å²) in [5.41, 5.74) is 7.09. The van der Waals surface area contributed by atoms with Crippen LogP contribution in [0, 0.1) is 0 Å². The van der Waals surface area contributed by atoms with Crippen molar-refractivity contribution >= 4 is 28.5 Å². The van der Waals surface area contributed by atoms with Crippen LogP contribution in [0.3, 0.4) is 0 Å². The summed E-state index contributed by atoms with van der Waals surface area (Å²) in [4.78, 5) is 24.9. The van der Waals surface area contributed by atoms with Crippen molar-refractivity contribution in [1.82, 2.24) is 0 Å². The smallest absolute Gasteiger partial charge is 0.414 e. The van der Waals surface area contributed by atoms with Gasteiger partial charge in [-0.1, -0.05) is 48.5 Å². The summed E-state index contributed by atoms with van der Waals surface area (Å²) in [6.45, 7) is 0.167. The van der Waals surface area contributed by atoms with Gasteiger partial charge in [-0.15, -0.1) is 0 Å². The third-order valence-electron chi connectivity index (χ3n) is 4.02. The van der Waals surface area contributed by atoms with Crippen LogP contribution in [0.15, 0.2) is 66.7 Å². The molecule has 126 valence electrons. The number of anilines is 1. The predicted molar refractivity (Wildman–Crippen MR) is 97.5 cm³/mol. The van der Waals surface area contributed by atoms with Crippen LogP contribution >= 0.6 is 0 Å². The van der Waals surface area contributed by atoms with Crippen molar-refractivity contribution in [3.8, 4) is 0 Å². The molecule has 0 fully saturated rings. The SMILES string of the molecule is CN(C(=O)OCc1cccc2ccccc12)c1cccc(C(N)=O)c1. The second kappa shape index (κ2) is 7.05. The number of amides is 2. The number of ether oxygens (including phenoxy) is 1. The molecule has 5 heteroatoms. The molecule has 0 aliphatic rings. The quantitative estimate of drug-likeness (QED) is 0.790. The van der Waals surface area contributed by atoms with Crippen LogP contribution in [0.25, 0.3) is 10.8 Å². The molecule has 0 aliphatic heterocycles. The van der Waals surface area contributed by atoms with Gasteiger partial charge in [-0.25, -0.2) is 4.79 Å². The number of hydrogen-bond donors (Lipinski definition) is 1. The lowest BCUT2D eigenvalue weighted by atomic mass is 10.1. The van der Waals surface area contributed by atoms with E-state index in [1.807, 2.05) is 42.5 Å². The fraction of sp³-hybridized carbons (Fsp3) is 0.100. The number of primary amides is 1. The standard InChI is InChI=1S/C20H18N2O3/c1-22(17-10-5-8-15(12-17)19(21)23)20(24)25-13-16-9-4-7-14-6-2-3-11-18(14)16/h2-12H,13H2,1H3,(H2,21,23). The van der Waals surface area contributed by atoms with E-state index in [0.29, 0.717) is 11.3 Å². The zero-order chi connectivity index (χ0) is 17.8. The topological polar surface area (TPSA) is 72.6 Å². The van der Waals surface area contributed by atoms with Crippen LogP contribution in [0.4, 0.5) is 10.5 Å². The molecule has 0 aromatic heterocycles. The molecular weight excluding hydrogens is 316 g/mol. The minimum atomic E-state index is -0.542. The van der Waals surface area contributed by atoms with E-state index in [1.54, 1.807) is 31.3 Å². The Kier molecular flexibility index (Phi) is 4.66. The molecule has 5 nitrogen and oxygen atoms in total. The zero-order valence-electron chi connectivity index (χ0n) is 13.8. The summed E-state index contributed by atoms with van der Waals surface area (Å²) in [5.74, 6) is -0.542. The number of hydrogen-bond acceptors (Lipinski definition) is 3. The highest BCUT2D eigenvalue weighted by Gasteiger charge is 2.14. The number of nitrogens with two attached hydrogens (primary N) is 1. The van der Waals surface area contributed by atoms with E-state index in [9.17, 15) is 9.59 Å². The van der Waals surface area contributed by atoms with Gasteiger partial charge in [0.25, 0.3) is 0 Å². The van der Waals surface area contributed by atoms with Gasteiger partial charge in [0, 0.05) is 18.3 Å². The second-order valence-electron chi connectivity index (χ2n) is 5.67. The zero-order valence-corrected chi connectivity index (χ0v) is 13.8. The molecule has 3 aromatic carbocycles. The minimum absolute atomic E-state index is 0.167. The van der Waals surface area contributed by atoms with Crippen LogP contribution in [0.1, 0.15) is 15.9 Å². The molecule has 0 bridgehead atoms. The van der Waals surface area contributed by atoms with E-state index in [0.717, 1.165) is 16.3 Å². The van der Waals surface area contributed by atoms with Gasteiger partial charge < -0.3 is 10.5 Å². The molecule has 2 N–H and O–H groups in total. The summed E-state index contributed by atoms with van der Waals surface area (Å²) in [6, 6.07) is 20.4. The molecule has 3 aromatic rings. The average Bonchev–Trinajstić information content (AvgIpc) is 2.65. The molecule has 0 aliphatic carbocycles. The Labute approximate surface area is 145 Å². The Bertz CT molecular complexity index is 932. The molecule has 0 saturated carbocycles. The molecule has 0 atom stereocenters. The van der Waals surface area contributed by atoms with Crippen molar-refractivity contribution in [3.05, 3.63) is 77.9 Å². The van der Waals surface area contributed by atoms with Crippen molar-refractivity contribution in [2.75, 3.05) is 11.9 Å². The summed E-state index contributed by atoms with van der Waals surface area (Å²) >= 11 is 0. The summed E-state index contributed by atoms with van der Waals surface area (Å²) in [5, 5.41) is 2.15. The number of nitrogens with zero attached hydrogens (tertiary/aromatic N) is 1. The summed E-state index contributed by atoms with van der Waals surface area (Å²) in [6.07, 6.45) is -0.505. The highest BCUT2D eigenvalue weighted by Crippen LogP contribution is 2.20. The van der Waals surface area contributed by atoms with Crippen LogP contribution in [-0.4, -0.2) is 19.0 Å². The van der Waals surface area contributed by atoms with Gasteiger partial charge in [0.2, 0.25) is 5.91 Å². The number of benzene rings is 3. The molecule has 0 spiro atoms. The lowest BCUT2D eigenvalue weighted by Crippen LogP contribution is -2.27. The maximum absolute atomic E-state index is 12.3. The Hall–Kier alpha value is -3.34. The van der Waals surface area contributed by atoms with Crippen molar-refractivity contribution < 1.29 is 14.3 Å². The number of fused-ring (bicyclic) bond motifs is 1. The first kappa shape index (κ1) is 16.5. The Balaban J connectivity index is 1.73. The predicted octanol–water partition coefficient (Wildman–Crippen LogP) is 3.71. The van der Waals surface area contributed by atoms with Crippen LogP contribution in [0.2, 0.25) is 0 Å². The fourth-order valence-corrected chi connectivity index (χ4v) is 2.63. The average molecular weight is 334 g/mol. The maximum Gasteiger partial charge on any atom is 0.414 e. The summed E-state index contributed by atoms with van der Waals surface area (Å²) in [7, 11) is 1.59. The molecule has 0 unspecified atom stereocenters. The Morgan fingerprint density at radius 1 is 1.00 bits per heavy atom. The van der Waals surface area contributed by atoms with E-state index >= 15 is 0 Å². The van der Waals surface area contributed by atoms with Crippen molar-refractivity contribution in [2.45, 2.75) is 6.61 Å². The molecule has 3 rings (SSSR count). The molecule has 25 heavy (non-hydrogen) atoms. The lowest BCUT2D eigenvalue weighted by Gasteiger charge is -2.18. The normalized spacial score (nSPS) is 10.4. The molecule has 0 heterocycles. The molecule has 0 radical (unpaired) electrons. The Morgan fingerprint density at radius 2 is 1.72 bits per heavy atom. The number of rotatable bonds is 4. The third kappa shape index (κ3) is 3.61. The maximum atomic E-state index is 12.3. The fourth-order valence-electron chi connectivity index (χ4n) is 2.63. The minimum Gasteiger partial charge on any atom is -0.444 e. The first-order chi connectivity index (χ1) is 12.1. The number of carbonyl (C=O) groups is 2. The highest BCUT2D eigenvalue weighted by molar-refractivity contribution is 5.95. The molecule has 2 amide bonds. The van der Waals surface area contributed by atoms with Crippen molar-refractivity contribution in [3.63, 3.8) is 0 Å². The monoisotopic (exact) mass is 334 g/mol. The van der Waals surface area contributed by atoms with Crippen LogP contribution < -0.4 is 10.6 Å². The largest absolute Gasteiger partial charge is 0.444 e. The van der Waals surface area contributed by atoms with E-state index in [2.05, 4.69) is 0 Å². The Morgan fingerprint density at radius 3 is 2.52 bits per heavy atom. The van der Waals surface area contributed by atoms with E-state index in [4.69, 9.17) is 10.5 Å². The van der Waals surface area contributed by atoms with Crippen molar-refractivity contribution in [2.24, 2.45) is 5.73 Å². The first-order valence-electron chi connectivity index (χ1n) is 7.83. The first-order valence-corrected chi connectivity index (χ1v) is 7.83. The van der Waals surface area contributed by atoms with Gasteiger partial charge in [-0.05, 0) is 34.5 Å². The highest BCUT2D eigenvalue weighted by atomic mass is 16.6. The van der Waals surface area contributed by atoms with Crippen LogP contribution in [0.5, 0.6) is 0 Å². The van der Waals surface area contributed by atoms with Gasteiger partial charge in [0.15, 0.2) is 0 Å². The van der Waals surface area contributed by atoms with Gasteiger partial charge >= 0.3 is 6.09 Å². The van der Waals surface area contributed by atoms with E-state index in [1.165, 1.54) is 4.90 Å². The van der Waals surface area contributed by atoms with E-state index in [-0.39, 0.29) is 6.61 Å². The van der Waals surface area contributed by atoms with Crippen LogP contribution in [-0.2, 0) is 11.3 Å². The number of carbonyl (C=O) groups excluding carboxylic acids is 2. The molecular formula is C20H18N2O3. The third-order valence-corrected chi connectivity index (χ3v) is 4.02. The van der Waals surface area contributed by atoms with Gasteiger partial charge in [0.1, 0.15) is 6.61 Å². The molecule has 0 saturated heterocycles.